The van der Waals surface area contributed by atoms with E-state index in [1.807, 2.05) is 7.05 Å². The van der Waals surface area contributed by atoms with Crippen molar-refractivity contribution >= 4 is 17.7 Å². The molecular formula is C15H30N4S. The molecule has 2 aliphatic heterocycles. The van der Waals surface area contributed by atoms with Crippen molar-refractivity contribution in [1.29, 1.82) is 0 Å². The predicted molar refractivity (Wildman–Crippen MR) is 89.7 cm³/mol. The van der Waals surface area contributed by atoms with Crippen LogP contribution in [0.4, 0.5) is 0 Å². The lowest BCUT2D eigenvalue weighted by Gasteiger charge is -2.30. The van der Waals surface area contributed by atoms with Crippen molar-refractivity contribution in [2.24, 2.45) is 10.9 Å². The molecule has 2 saturated heterocycles. The smallest absolute Gasteiger partial charge is 0.191 e. The van der Waals surface area contributed by atoms with Gasteiger partial charge in [0.25, 0.3) is 0 Å². The van der Waals surface area contributed by atoms with Crippen LogP contribution in [0.25, 0.3) is 0 Å². The number of guanidine groups is 1. The fourth-order valence-electron chi connectivity index (χ4n) is 3.06. The maximum atomic E-state index is 4.31. The fraction of sp³-hybridized carbons (Fsp3) is 0.933. The summed E-state index contributed by atoms with van der Waals surface area (Å²) in [4.78, 5) is 6.88. The molecule has 2 unspecified atom stereocenters. The van der Waals surface area contributed by atoms with E-state index in [0.29, 0.717) is 0 Å². The standard InChI is InChI=1S/C15H30N4S/c1-13-5-3-8-19(12-13)9-7-17-15(16-2)18-11-14-6-4-10-20-14/h13-14H,3-12H2,1-2H3,(H2,16,17,18). The fourth-order valence-corrected chi connectivity index (χ4v) is 4.26. The van der Waals surface area contributed by atoms with Crippen LogP contribution in [0.15, 0.2) is 4.99 Å². The van der Waals surface area contributed by atoms with Gasteiger partial charge in [0.1, 0.15) is 0 Å². The van der Waals surface area contributed by atoms with Crippen molar-refractivity contribution in [1.82, 2.24) is 15.5 Å². The Morgan fingerprint density at radius 1 is 1.30 bits per heavy atom. The van der Waals surface area contributed by atoms with Crippen molar-refractivity contribution in [3.05, 3.63) is 0 Å². The molecule has 0 spiro atoms. The predicted octanol–water partition coefficient (Wildman–Crippen LogP) is 1.78. The molecule has 0 saturated carbocycles. The zero-order chi connectivity index (χ0) is 14.2. The average molecular weight is 298 g/mol. The summed E-state index contributed by atoms with van der Waals surface area (Å²) in [6.07, 6.45) is 5.47. The molecule has 0 aromatic heterocycles. The Balaban J connectivity index is 1.58. The molecule has 2 atom stereocenters. The van der Waals surface area contributed by atoms with Gasteiger partial charge in [0.05, 0.1) is 0 Å². The summed E-state index contributed by atoms with van der Waals surface area (Å²) in [6.45, 7) is 8.04. The van der Waals surface area contributed by atoms with Crippen LogP contribution < -0.4 is 10.6 Å². The largest absolute Gasteiger partial charge is 0.355 e. The topological polar surface area (TPSA) is 39.7 Å². The molecule has 0 aromatic rings. The molecule has 20 heavy (non-hydrogen) atoms. The van der Waals surface area contributed by atoms with Gasteiger partial charge >= 0.3 is 0 Å². The van der Waals surface area contributed by atoms with Gasteiger partial charge in [-0.2, -0.15) is 11.8 Å². The van der Waals surface area contributed by atoms with E-state index < -0.39 is 0 Å². The van der Waals surface area contributed by atoms with Crippen molar-refractivity contribution in [2.45, 2.75) is 37.9 Å². The SMILES string of the molecule is CN=C(NCCN1CCCC(C)C1)NCC1CCCS1. The average Bonchev–Trinajstić information content (AvgIpc) is 2.96. The first-order valence-corrected chi connectivity index (χ1v) is 9.11. The number of hydrogen-bond donors (Lipinski definition) is 2. The summed E-state index contributed by atoms with van der Waals surface area (Å²) in [5, 5.41) is 7.68. The van der Waals surface area contributed by atoms with Crippen molar-refractivity contribution < 1.29 is 0 Å². The van der Waals surface area contributed by atoms with Gasteiger partial charge in [-0.1, -0.05) is 6.92 Å². The second-order valence-electron chi connectivity index (χ2n) is 6.06. The van der Waals surface area contributed by atoms with Crippen LogP contribution >= 0.6 is 11.8 Å². The first kappa shape index (κ1) is 16.0. The number of piperidine rings is 1. The number of rotatable bonds is 5. The third-order valence-electron chi connectivity index (χ3n) is 4.21. The number of nitrogens with zero attached hydrogens (tertiary/aromatic N) is 2. The van der Waals surface area contributed by atoms with E-state index in [0.717, 1.165) is 36.8 Å². The quantitative estimate of drug-likeness (QED) is 0.599. The number of likely N-dealkylation sites (tertiary alicyclic amines) is 1. The Morgan fingerprint density at radius 3 is 2.90 bits per heavy atom. The molecular weight excluding hydrogens is 268 g/mol. The molecule has 2 aliphatic rings. The molecule has 116 valence electrons. The Kier molecular flexibility index (Phi) is 7.00. The van der Waals surface area contributed by atoms with Crippen LogP contribution in [0.5, 0.6) is 0 Å². The third kappa shape index (κ3) is 5.52. The minimum atomic E-state index is 0.775. The van der Waals surface area contributed by atoms with Gasteiger partial charge in [-0.05, 0) is 43.9 Å². The lowest BCUT2D eigenvalue weighted by Crippen LogP contribution is -2.44. The van der Waals surface area contributed by atoms with E-state index in [-0.39, 0.29) is 0 Å². The van der Waals surface area contributed by atoms with Gasteiger partial charge < -0.3 is 15.5 Å². The molecule has 0 bridgehead atoms. The van der Waals surface area contributed by atoms with E-state index >= 15 is 0 Å². The van der Waals surface area contributed by atoms with E-state index in [1.165, 1.54) is 44.5 Å². The number of thioether (sulfide) groups is 1. The zero-order valence-electron chi connectivity index (χ0n) is 13.0. The van der Waals surface area contributed by atoms with Crippen LogP contribution in [0.1, 0.15) is 32.6 Å². The second-order valence-corrected chi connectivity index (χ2v) is 7.47. The van der Waals surface area contributed by atoms with Gasteiger partial charge in [0, 0.05) is 38.5 Å². The van der Waals surface area contributed by atoms with Gasteiger partial charge in [0.15, 0.2) is 5.96 Å². The van der Waals surface area contributed by atoms with Crippen LogP contribution in [-0.4, -0.2) is 61.6 Å². The molecule has 0 amide bonds. The van der Waals surface area contributed by atoms with E-state index in [4.69, 9.17) is 0 Å². The van der Waals surface area contributed by atoms with E-state index in [9.17, 15) is 0 Å². The highest BCUT2D eigenvalue weighted by Crippen LogP contribution is 2.25. The lowest BCUT2D eigenvalue weighted by atomic mass is 10.0. The summed E-state index contributed by atoms with van der Waals surface area (Å²) in [5.41, 5.74) is 0. The summed E-state index contributed by atoms with van der Waals surface area (Å²) < 4.78 is 0. The van der Waals surface area contributed by atoms with Crippen LogP contribution in [-0.2, 0) is 0 Å². The molecule has 0 aliphatic carbocycles. The molecule has 4 nitrogen and oxygen atoms in total. The normalized spacial score (nSPS) is 28.6. The second kappa shape index (κ2) is 8.78. The zero-order valence-corrected chi connectivity index (χ0v) is 13.8. The highest BCUT2D eigenvalue weighted by molar-refractivity contribution is 8.00. The van der Waals surface area contributed by atoms with Crippen LogP contribution in [0.3, 0.4) is 0 Å². The molecule has 5 heteroatoms. The summed E-state index contributed by atoms with van der Waals surface area (Å²) in [7, 11) is 1.86. The van der Waals surface area contributed by atoms with Gasteiger partial charge in [-0.3, -0.25) is 4.99 Å². The first-order valence-electron chi connectivity index (χ1n) is 8.06. The molecule has 2 N–H and O–H groups in total. The Labute approximate surface area is 128 Å². The van der Waals surface area contributed by atoms with Crippen molar-refractivity contribution in [3.8, 4) is 0 Å². The number of nitrogens with one attached hydrogen (secondary N) is 2. The molecule has 0 aromatic carbocycles. The molecule has 2 rings (SSSR count). The minimum Gasteiger partial charge on any atom is -0.355 e. The monoisotopic (exact) mass is 298 g/mol. The highest BCUT2D eigenvalue weighted by Gasteiger charge is 2.17. The van der Waals surface area contributed by atoms with Crippen LogP contribution in [0, 0.1) is 5.92 Å². The lowest BCUT2D eigenvalue weighted by molar-refractivity contribution is 0.187. The maximum absolute atomic E-state index is 4.31. The van der Waals surface area contributed by atoms with Crippen molar-refractivity contribution in [3.63, 3.8) is 0 Å². The van der Waals surface area contributed by atoms with Crippen molar-refractivity contribution in [2.75, 3.05) is 45.5 Å². The third-order valence-corrected chi connectivity index (χ3v) is 5.60. The van der Waals surface area contributed by atoms with Gasteiger partial charge in [-0.15, -0.1) is 0 Å². The van der Waals surface area contributed by atoms with E-state index in [1.54, 1.807) is 0 Å². The highest BCUT2D eigenvalue weighted by atomic mass is 32.2. The van der Waals surface area contributed by atoms with Gasteiger partial charge in [-0.25, -0.2) is 0 Å². The molecule has 0 radical (unpaired) electrons. The molecule has 2 fully saturated rings. The number of aliphatic imine (C=N–C) groups is 1. The molecule has 2 heterocycles. The Bertz CT molecular complexity index is 302. The summed E-state index contributed by atoms with van der Waals surface area (Å²) in [6, 6.07) is 0. The van der Waals surface area contributed by atoms with E-state index in [2.05, 4.69) is 39.2 Å². The summed E-state index contributed by atoms with van der Waals surface area (Å²) >= 11 is 2.09. The Hall–Kier alpha value is -0.420. The summed E-state index contributed by atoms with van der Waals surface area (Å²) in [5.74, 6) is 3.15. The van der Waals surface area contributed by atoms with Crippen LogP contribution in [0.2, 0.25) is 0 Å². The minimum absolute atomic E-state index is 0.775. The number of hydrogen-bond acceptors (Lipinski definition) is 3. The Morgan fingerprint density at radius 2 is 2.20 bits per heavy atom. The maximum Gasteiger partial charge on any atom is 0.191 e. The van der Waals surface area contributed by atoms with Gasteiger partial charge in [0.2, 0.25) is 0 Å². The first-order chi connectivity index (χ1) is 9.78.